The quantitative estimate of drug-likeness (QED) is 0.112. The molecule has 13 aromatic rings. The van der Waals surface area contributed by atoms with Gasteiger partial charge in [-0.2, -0.15) is 0 Å². The number of rotatable bonds is 8. The summed E-state index contributed by atoms with van der Waals surface area (Å²) in [6.45, 7) is 9.13. The van der Waals surface area contributed by atoms with E-state index in [1.165, 1.54) is 32.7 Å². The van der Waals surface area contributed by atoms with Crippen LogP contribution < -0.4 is 9.80 Å². The molecule has 0 saturated heterocycles. The minimum absolute atomic E-state index is 0.0501. The smallest absolute Gasteiger partial charge is 0.159 e. The summed E-state index contributed by atoms with van der Waals surface area (Å²) >= 11 is 0. The van der Waals surface area contributed by atoms with Gasteiger partial charge in [0, 0.05) is 43.4 Å². The molecule has 1 unspecified atom stereocenters. The van der Waals surface area contributed by atoms with Crippen LogP contribution in [0.1, 0.15) is 37.5 Å². The predicted molar refractivity (Wildman–Crippen MR) is 312 cm³/mol. The zero-order valence-electron chi connectivity index (χ0n) is 41.7. The standard InChI is InChI=1S/C70H50N2O2/c1-44-40-48(46-20-9-6-10-21-46)35-39-59(44)72(61-29-17-27-56-54-25-12-14-31-65(54)74-69(56)61)63-43-62(57-37-33-49-41-51(70(2,3)4)42-50-34-38-58(63)67(57)66(49)50)71(52-23-15-22-47(32-36-52)45-18-7-5-8-19-45)60-28-16-26-55-53-24-11-13-30-64(53)73-68(55)60/h5-14,16-22,24-43,52H,1-4H3. The Balaban J connectivity index is 1.11. The largest absolute Gasteiger partial charge is 0.454 e. The summed E-state index contributed by atoms with van der Waals surface area (Å²) in [6.07, 6.45) is 6.52. The van der Waals surface area contributed by atoms with Gasteiger partial charge in [-0.05, 0) is 117 Å². The second-order valence-corrected chi connectivity index (χ2v) is 20.7. The van der Waals surface area contributed by atoms with E-state index in [-0.39, 0.29) is 5.41 Å². The first-order valence-corrected chi connectivity index (χ1v) is 25.5. The SMILES string of the molecule is Cc1cc(-c2ccccc2)ccc1N(c1cc(N(c2cccc3c2oc2ccccc23)C2C#CC=C(c3ccccc3)C=C2)c2ccc3cc(C(C)(C)C)cc4ccc1c2c43)c1cccc2c1oc1ccccc12. The molecule has 74 heavy (non-hydrogen) atoms. The fourth-order valence-corrected chi connectivity index (χ4v) is 11.5. The van der Waals surface area contributed by atoms with E-state index in [2.05, 4.69) is 256 Å². The third-order valence-corrected chi connectivity index (χ3v) is 15.2. The molecule has 4 nitrogen and oxygen atoms in total. The van der Waals surface area contributed by atoms with Crippen molar-refractivity contribution < 1.29 is 8.83 Å². The van der Waals surface area contributed by atoms with Gasteiger partial charge in [0.05, 0.1) is 22.7 Å². The Morgan fingerprint density at radius 2 is 1.03 bits per heavy atom. The summed E-state index contributed by atoms with van der Waals surface area (Å²) in [5.41, 5.74) is 15.2. The summed E-state index contributed by atoms with van der Waals surface area (Å²) in [7, 11) is 0. The van der Waals surface area contributed by atoms with Crippen molar-refractivity contribution in [2.45, 2.75) is 39.2 Å². The molecule has 0 amide bonds. The van der Waals surface area contributed by atoms with Gasteiger partial charge in [0.2, 0.25) is 0 Å². The summed E-state index contributed by atoms with van der Waals surface area (Å²) in [5, 5.41) is 11.3. The van der Waals surface area contributed by atoms with Crippen LogP contribution in [0.4, 0.5) is 28.4 Å². The highest BCUT2D eigenvalue weighted by Crippen LogP contribution is 2.53. The number of hydrogen-bond acceptors (Lipinski definition) is 4. The van der Waals surface area contributed by atoms with Crippen LogP contribution in [0.3, 0.4) is 0 Å². The van der Waals surface area contributed by atoms with Gasteiger partial charge in [-0.3, -0.25) is 0 Å². The molecule has 1 aliphatic rings. The Bertz CT molecular complexity index is 4480. The Morgan fingerprint density at radius 3 is 1.68 bits per heavy atom. The molecule has 1 atom stereocenters. The first-order chi connectivity index (χ1) is 36.2. The Labute approximate surface area is 430 Å². The maximum atomic E-state index is 6.99. The van der Waals surface area contributed by atoms with E-state index in [0.717, 1.165) is 105 Å². The maximum absolute atomic E-state index is 6.99. The van der Waals surface area contributed by atoms with Gasteiger partial charge >= 0.3 is 0 Å². The van der Waals surface area contributed by atoms with Crippen molar-refractivity contribution in [3.8, 4) is 23.0 Å². The molecule has 0 spiro atoms. The first-order valence-electron chi connectivity index (χ1n) is 25.5. The number of allylic oxidation sites excluding steroid dienone is 3. The third kappa shape index (κ3) is 7.00. The van der Waals surface area contributed by atoms with Crippen molar-refractivity contribution >= 4 is 110 Å². The molecule has 0 aliphatic heterocycles. The molecule has 0 bridgehead atoms. The van der Waals surface area contributed by atoms with Gasteiger partial charge in [0.1, 0.15) is 17.2 Å². The van der Waals surface area contributed by atoms with Gasteiger partial charge in [0.25, 0.3) is 0 Å². The lowest BCUT2D eigenvalue weighted by Gasteiger charge is -2.34. The van der Waals surface area contributed by atoms with Crippen molar-refractivity contribution in [3.05, 3.63) is 241 Å². The van der Waals surface area contributed by atoms with E-state index in [1.807, 2.05) is 18.2 Å². The normalized spacial score (nSPS) is 13.8. The zero-order chi connectivity index (χ0) is 49.7. The van der Waals surface area contributed by atoms with Crippen LogP contribution in [0.5, 0.6) is 0 Å². The maximum Gasteiger partial charge on any atom is 0.159 e. The van der Waals surface area contributed by atoms with Gasteiger partial charge in [-0.1, -0.05) is 202 Å². The molecule has 14 rings (SSSR count). The van der Waals surface area contributed by atoms with E-state index in [1.54, 1.807) is 0 Å². The Kier molecular flexibility index (Phi) is 9.94. The van der Waals surface area contributed by atoms with Crippen LogP contribution in [-0.4, -0.2) is 6.04 Å². The molecule has 0 radical (unpaired) electrons. The molecule has 0 N–H and O–H groups in total. The van der Waals surface area contributed by atoms with Gasteiger partial charge in [-0.25, -0.2) is 0 Å². The molecule has 11 aromatic carbocycles. The van der Waals surface area contributed by atoms with E-state index in [4.69, 9.17) is 8.83 Å². The van der Waals surface area contributed by atoms with Crippen LogP contribution in [-0.2, 0) is 5.41 Å². The summed E-state index contributed by atoms with van der Waals surface area (Å²) in [4.78, 5) is 4.88. The molecule has 0 fully saturated rings. The summed E-state index contributed by atoms with van der Waals surface area (Å²) in [5.74, 6) is 7.29. The van der Waals surface area contributed by atoms with E-state index < -0.39 is 6.04 Å². The number of furan rings is 2. The molecular formula is C70H50N2O2. The van der Waals surface area contributed by atoms with Crippen LogP contribution in [0.15, 0.2) is 233 Å². The second-order valence-electron chi connectivity index (χ2n) is 20.7. The lowest BCUT2D eigenvalue weighted by Crippen LogP contribution is -2.29. The van der Waals surface area contributed by atoms with E-state index in [9.17, 15) is 0 Å². The van der Waals surface area contributed by atoms with Crippen molar-refractivity contribution in [3.63, 3.8) is 0 Å². The van der Waals surface area contributed by atoms with Gasteiger partial charge in [0.15, 0.2) is 11.2 Å². The van der Waals surface area contributed by atoms with Gasteiger partial charge < -0.3 is 18.6 Å². The number of hydrogen-bond donors (Lipinski definition) is 0. The summed E-state index contributed by atoms with van der Waals surface area (Å²) in [6, 6.07) is 74.0. The number of nitrogens with zero attached hydrogens (tertiary/aromatic N) is 2. The minimum atomic E-state index is -0.413. The molecule has 2 heterocycles. The molecule has 1 aliphatic carbocycles. The third-order valence-electron chi connectivity index (χ3n) is 15.2. The van der Waals surface area contributed by atoms with Crippen molar-refractivity contribution in [2.24, 2.45) is 0 Å². The topological polar surface area (TPSA) is 32.8 Å². The van der Waals surface area contributed by atoms with Crippen molar-refractivity contribution in [1.29, 1.82) is 0 Å². The first kappa shape index (κ1) is 43.5. The lowest BCUT2D eigenvalue weighted by atomic mass is 9.83. The average Bonchev–Trinajstić information content (AvgIpc) is 3.92. The van der Waals surface area contributed by atoms with Crippen LogP contribution in [0.2, 0.25) is 0 Å². The van der Waals surface area contributed by atoms with E-state index in [0.29, 0.717) is 0 Å². The average molecular weight is 951 g/mol. The van der Waals surface area contributed by atoms with Crippen LogP contribution in [0, 0.1) is 18.8 Å². The van der Waals surface area contributed by atoms with Crippen molar-refractivity contribution in [2.75, 3.05) is 9.80 Å². The molecule has 4 heteroatoms. The van der Waals surface area contributed by atoms with Crippen LogP contribution >= 0.6 is 0 Å². The Hall–Kier alpha value is -9.30. The van der Waals surface area contributed by atoms with Crippen molar-refractivity contribution in [1.82, 2.24) is 0 Å². The highest BCUT2D eigenvalue weighted by Gasteiger charge is 2.31. The van der Waals surface area contributed by atoms with E-state index >= 15 is 0 Å². The fourth-order valence-electron chi connectivity index (χ4n) is 11.5. The molecule has 2 aromatic heterocycles. The fraction of sp³-hybridized carbons (Fsp3) is 0.0857. The Morgan fingerprint density at radius 1 is 0.446 bits per heavy atom. The number of aryl methyl sites for hydroxylation is 1. The lowest BCUT2D eigenvalue weighted by molar-refractivity contribution is 0.591. The second kappa shape index (κ2) is 16.9. The molecular weight excluding hydrogens is 901 g/mol. The number of anilines is 5. The van der Waals surface area contributed by atoms with Gasteiger partial charge in [-0.15, -0.1) is 0 Å². The predicted octanol–water partition coefficient (Wildman–Crippen LogP) is 19.3. The zero-order valence-corrected chi connectivity index (χ0v) is 41.7. The minimum Gasteiger partial charge on any atom is -0.454 e. The highest BCUT2D eigenvalue weighted by atomic mass is 16.3. The number of para-hydroxylation sites is 4. The summed E-state index contributed by atoms with van der Waals surface area (Å²) < 4.78 is 14.0. The van der Waals surface area contributed by atoms with Crippen LogP contribution in [0.25, 0.3) is 92.9 Å². The highest BCUT2D eigenvalue weighted by molar-refractivity contribution is 6.29. The molecule has 0 saturated carbocycles. The molecule has 352 valence electrons. The monoisotopic (exact) mass is 950 g/mol. The number of benzene rings is 11. The number of fused-ring (bicyclic) bond motifs is 6.